The highest BCUT2D eigenvalue weighted by Gasteiger charge is 2.46. The number of nitrogens with one attached hydrogen (secondary N) is 3. The van der Waals surface area contributed by atoms with Crippen molar-refractivity contribution in [2.75, 3.05) is 26.2 Å². The molecule has 3 atom stereocenters. The Kier molecular flexibility index (Phi) is 23.0. The molecule has 3 N–H and O–H groups in total. The SMILES string of the molecule is CCCCCCCCCCCCCCCCCCNC(=O)C(Cc1ccccc1)NC(=O)CCC(=O)OC[C@@H]1CN(C(c2ccccc2)(c2ccccc2)c2ccccc2)C[C@H](n2cc(C)c(=O)[nH]c2=O)O1. The molecule has 1 aromatic heterocycles. The highest BCUT2D eigenvalue weighted by molar-refractivity contribution is 5.89. The van der Waals surface area contributed by atoms with E-state index in [1.54, 1.807) is 6.92 Å². The van der Waals surface area contributed by atoms with Crippen LogP contribution < -0.4 is 21.9 Å². The van der Waals surface area contributed by atoms with Gasteiger partial charge in [0.1, 0.15) is 18.8 Å². The number of H-pyrrole nitrogens is 1. The predicted molar refractivity (Wildman–Crippen MR) is 286 cm³/mol. The number of unbranched alkanes of at least 4 members (excludes halogenated alkanes) is 15. The van der Waals surface area contributed by atoms with Gasteiger partial charge in [0.05, 0.1) is 12.0 Å². The molecule has 0 spiro atoms. The third-order valence-corrected chi connectivity index (χ3v) is 13.9. The smallest absolute Gasteiger partial charge is 0.330 e. The number of aromatic nitrogens is 2. The maximum absolute atomic E-state index is 13.5. The highest BCUT2D eigenvalue weighted by Crippen LogP contribution is 2.44. The van der Waals surface area contributed by atoms with Crippen LogP contribution in [0.4, 0.5) is 0 Å². The van der Waals surface area contributed by atoms with Crippen molar-refractivity contribution >= 4 is 17.8 Å². The first kappa shape index (κ1) is 55.2. The van der Waals surface area contributed by atoms with E-state index in [2.05, 4.69) is 63.8 Å². The van der Waals surface area contributed by atoms with Crippen LogP contribution in [0.2, 0.25) is 0 Å². The summed E-state index contributed by atoms with van der Waals surface area (Å²) in [5, 5.41) is 5.94. The van der Waals surface area contributed by atoms with Crippen molar-refractivity contribution in [3.8, 4) is 0 Å². The number of aromatic amines is 1. The molecular weight excluding hydrogens is 903 g/mol. The minimum Gasteiger partial charge on any atom is -0.463 e. The number of morpholine rings is 1. The molecule has 0 radical (unpaired) electrons. The number of nitrogens with zero attached hydrogens (tertiary/aromatic N) is 2. The van der Waals surface area contributed by atoms with E-state index < -0.39 is 47.0 Å². The Hall–Kier alpha value is -6.11. The standard InChI is InChI=1S/C60H79N5O7/c1-3-4-5-6-7-8-9-10-11-12-13-14-15-16-17-30-41-61-58(69)53(42-48-31-22-18-23-32-48)62-54(66)39-40-56(67)71-46-52-44-64(45-55(72-52)65-43-47(2)57(68)63-59(65)70)60(49-33-24-19-25-34-49,50-35-26-20-27-36-50)51-37-28-21-29-38-51/h18-29,31-38,43,52-53,55H,3-17,30,39-42,44-46H2,1-2H3,(H,61,69)(H,62,66)(H,63,68,70)/t52-,53?,55+/m0/s1. The van der Waals surface area contributed by atoms with Crippen LogP contribution in [-0.2, 0) is 35.8 Å². The van der Waals surface area contributed by atoms with E-state index in [1.165, 1.54) is 94.2 Å². The maximum Gasteiger partial charge on any atom is 0.330 e. The van der Waals surface area contributed by atoms with E-state index in [4.69, 9.17) is 9.47 Å². The molecule has 1 aliphatic heterocycles. The molecule has 386 valence electrons. The second-order valence-corrected chi connectivity index (χ2v) is 19.5. The van der Waals surface area contributed by atoms with Gasteiger partial charge in [0.15, 0.2) is 6.23 Å². The number of benzene rings is 4. The fraction of sp³-hybridized carbons (Fsp3) is 0.483. The van der Waals surface area contributed by atoms with Crippen LogP contribution in [-0.4, -0.2) is 70.6 Å². The summed E-state index contributed by atoms with van der Waals surface area (Å²) in [7, 11) is 0. The summed E-state index contributed by atoms with van der Waals surface area (Å²) in [6.07, 6.45) is 20.2. The summed E-state index contributed by atoms with van der Waals surface area (Å²) in [6.45, 7) is 4.78. The minimum atomic E-state index is -0.888. The molecule has 1 aliphatic rings. The Morgan fingerprint density at radius 1 is 0.667 bits per heavy atom. The molecule has 0 saturated carbocycles. The van der Waals surface area contributed by atoms with Crippen molar-refractivity contribution in [3.05, 3.63) is 176 Å². The lowest BCUT2D eigenvalue weighted by atomic mass is 9.75. The molecule has 12 heteroatoms. The van der Waals surface area contributed by atoms with Crippen LogP contribution in [0.5, 0.6) is 0 Å². The minimum absolute atomic E-state index is 0.169. The Morgan fingerprint density at radius 3 is 1.67 bits per heavy atom. The van der Waals surface area contributed by atoms with Crippen molar-refractivity contribution in [1.82, 2.24) is 25.1 Å². The van der Waals surface area contributed by atoms with Crippen molar-refractivity contribution < 1.29 is 23.9 Å². The van der Waals surface area contributed by atoms with Gasteiger partial charge >= 0.3 is 11.7 Å². The summed E-state index contributed by atoms with van der Waals surface area (Å²) in [4.78, 5) is 71.1. The van der Waals surface area contributed by atoms with E-state index in [0.717, 1.165) is 41.5 Å². The molecule has 0 aliphatic carbocycles. The third kappa shape index (κ3) is 16.7. The number of hydrogen-bond acceptors (Lipinski definition) is 8. The average molecular weight is 982 g/mol. The van der Waals surface area contributed by atoms with Gasteiger partial charge in [-0.05, 0) is 35.6 Å². The first-order chi connectivity index (χ1) is 35.2. The maximum atomic E-state index is 13.5. The second-order valence-electron chi connectivity index (χ2n) is 19.5. The Balaban J connectivity index is 1.03. The molecule has 2 amide bonds. The predicted octanol–water partition coefficient (Wildman–Crippen LogP) is 10.5. The van der Waals surface area contributed by atoms with Crippen LogP contribution in [0.3, 0.4) is 0 Å². The number of aryl methyl sites for hydroxylation is 1. The van der Waals surface area contributed by atoms with E-state index >= 15 is 0 Å². The second kappa shape index (κ2) is 30.0. The Morgan fingerprint density at radius 2 is 1.15 bits per heavy atom. The summed E-state index contributed by atoms with van der Waals surface area (Å²) < 4.78 is 13.8. The van der Waals surface area contributed by atoms with Gasteiger partial charge in [-0.2, -0.15) is 0 Å². The largest absolute Gasteiger partial charge is 0.463 e. The van der Waals surface area contributed by atoms with Gasteiger partial charge in [0, 0.05) is 44.2 Å². The van der Waals surface area contributed by atoms with Crippen LogP contribution in [0.15, 0.2) is 137 Å². The van der Waals surface area contributed by atoms with Crippen LogP contribution in [0.25, 0.3) is 0 Å². The summed E-state index contributed by atoms with van der Waals surface area (Å²) >= 11 is 0. The average Bonchev–Trinajstić information content (AvgIpc) is 3.40. The molecule has 1 unspecified atom stereocenters. The van der Waals surface area contributed by atoms with Crippen molar-refractivity contribution in [2.24, 2.45) is 0 Å². The molecule has 1 saturated heterocycles. The van der Waals surface area contributed by atoms with Crippen molar-refractivity contribution in [3.63, 3.8) is 0 Å². The molecule has 4 aromatic carbocycles. The fourth-order valence-electron chi connectivity index (χ4n) is 10.0. The molecule has 12 nitrogen and oxygen atoms in total. The number of esters is 1. The molecular formula is C60H79N5O7. The Bertz CT molecular complexity index is 2380. The lowest BCUT2D eigenvalue weighted by Crippen LogP contribution is -2.58. The highest BCUT2D eigenvalue weighted by atomic mass is 16.6. The molecule has 1 fully saturated rings. The number of carbonyl (C=O) groups excluding carboxylic acids is 3. The van der Waals surface area contributed by atoms with Gasteiger partial charge in [-0.25, -0.2) is 4.79 Å². The first-order valence-electron chi connectivity index (χ1n) is 26.8. The molecule has 5 aromatic rings. The van der Waals surface area contributed by atoms with Crippen LogP contribution >= 0.6 is 0 Å². The van der Waals surface area contributed by atoms with E-state index in [-0.39, 0.29) is 38.4 Å². The van der Waals surface area contributed by atoms with E-state index in [1.807, 2.05) is 84.9 Å². The zero-order valence-electron chi connectivity index (χ0n) is 42.9. The van der Waals surface area contributed by atoms with Gasteiger partial charge in [-0.1, -0.05) is 225 Å². The molecule has 0 bridgehead atoms. The van der Waals surface area contributed by atoms with E-state index in [9.17, 15) is 24.0 Å². The van der Waals surface area contributed by atoms with E-state index in [0.29, 0.717) is 18.5 Å². The van der Waals surface area contributed by atoms with Gasteiger partial charge in [0.25, 0.3) is 5.56 Å². The quantitative estimate of drug-likeness (QED) is 0.0226. The van der Waals surface area contributed by atoms with Gasteiger partial charge in [-0.3, -0.25) is 33.6 Å². The number of amides is 2. The lowest BCUT2D eigenvalue weighted by molar-refractivity contribution is -0.170. The zero-order chi connectivity index (χ0) is 50.8. The number of carbonyl (C=O) groups is 3. The van der Waals surface area contributed by atoms with Crippen LogP contribution in [0.1, 0.15) is 157 Å². The Labute approximate surface area is 427 Å². The fourth-order valence-corrected chi connectivity index (χ4v) is 10.0. The van der Waals surface area contributed by atoms with Crippen LogP contribution in [0, 0.1) is 6.92 Å². The van der Waals surface area contributed by atoms with Gasteiger partial charge in [0.2, 0.25) is 11.8 Å². The first-order valence-corrected chi connectivity index (χ1v) is 26.8. The monoisotopic (exact) mass is 982 g/mol. The number of ether oxygens (including phenoxy) is 2. The van der Waals surface area contributed by atoms with Gasteiger partial charge in [-0.15, -0.1) is 0 Å². The molecule has 2 heterocycles. The van der Waals surface area contributed by atoms with Gasteiger partial charge < -0.3 is 20.1 Å². The summed E-state index contributed by atoms with van der Waals surface area (Å²) in [5.74, 6) is -1.29. The topological polar surface area (TPSA) is 152 Å². The molecule has 6 rings (SSSR count). The van der Waals surface area contributed by atoms with Crippen molar-refractivity contribution in [2.45, 2.75) is 160 Å². The summed E-state index contributed by atoms with van der Waals surface area (Å²) in [5.41, 5.74) is 2.21. The third-order valence-electron chi connectivity index (χ3n) is 13.9. The zero-order valence-corrected chi connectivity index (χ0v) is 42.9. The molecule has 72 heavy (non-hydrogen) atoms. The number of rotatable bonds is 31. The number of hydrogen-bond donors (Lipinski definition) is 3. The van der Waals surface area contributed by atoms with Crippen molar-refractivity contribution in [1.29, 1.82) is 0 Å². The summed E-state index contributed by atoms with van der Waals surface area (Å²) in [6, 6.07) is 39.1. The normalized spacial score (nSPS) is 15.4. The lowest BCUT2D eigenvalue weighted by Gasteiger charge is -2.50.